The molecule has 0 amide bonds. The molecule has 2 atom stereocenters. The number of hydrogen-bond acceptors (Lipinski definition) is 4. The molecular formula is C11H24N4. The zero-order valence-corrected chi connectivity index (χ0v) is 9.96. The molecule has 0 spiro atoms. The second-order valence-electron chi connectivity index (χ2n) is 4.22. The molecule has 4 nitrogen and oxygen atoms in total. The first-order valence-corrected chi connectivity index (χ1v) is 5.25. The molecule has 0 heterocycles. The molecule has 0 saturated carbocycles. The molecule has 0 radical (unpaired) electrons. The van der Waals surface area contributed by atoms with E-state index in [4.69, 9.17) is 22.9 Å². The first kappa shape index (κ1) is 13.8. The third kappa shape index (κ3) is 5.32. The van der Waals surface area contributed by atoms with E-state index in [0.717, 1.165) is 17.7 Å². The van der Waals surface area contributed by atoms with E-state index in [1.807, 2.05) is 13.0 Å². The molecule has 4 heteroatoms. The number of hydrogen-bond donors (Lipinski definition) is 4. The molecule has 0 aromatic carbocycles. The van der Waals surface area contributed by atoms with Gasteiger partial charge in [-0.15, -0.1) is 0 Å². The summed E-state index contributed by atoms with van der Waals surface area (Å²) < 4.78 is 0. The van der Waals surface area contributed by atoms with Crippen LogP contribution in [-0.2, 0) is 0 Å². The number of nitrogens with two attached hydrogens (primary N) is 4. The number of rotatable bonds is 5. The highest BCUT2D eigenvalue weighted by molar-refractivity contribution is 5.07. The Morgan fingerprint density at radius 2 is 1.73 bits per heavy atom. The predicted octanol–water partition coefficient (Wildman–Crippen LogP) is 0.599. The van der Waals surface area contributed by atoms with Crippen molar-refractivity contribution in [3.05, 3.63) is 23.2 Å². The quantitative estimate of drug-likeness (QED) is 0.535. The van der Waals surface area contributed by atoms with Crippen molar-refractivity contribution in [2.75, 3.05) is 6.54 Å². The number of allylic oxidation sites excluding steroid dienone is 2. The summed E-state index contributed by atoms with van der Waals surface area (Å²) >= 11 is 0. The highest BCUT2D eigenvalue weighted by atomic mass is 14.8. The summed E-state index contributed by atoms with van der Waals surface area (Å²) in [7, 11) is 0. The van der Waals surface area contributed by atoms with Crippen LogP contribution in [0.2, 0.25) is 0 Å². The lowest BCUT2D eigenvalue weighted by molar-refractivity contribution is 0.452. The molecule has 8 N–H and O–H groups in total. The van der Waals surface area contributed by atoms with Gasteiger partial charge < -0.3 is 22.9 Å². The van der Waals surface area contributed by atoms with Gasteiger partial charge in [0.2, 0.25) is 0 Å². The van der Waals surface area contributed by atoms with Crippen LogP contribution in [0.25, 0.3) is 0 Å². The summed E-state index contributed by atoms with van der Waals surface area (Å²) in [5.74, 6) is 1.25. The Labute approximate surface area is 92.4 Å². The fourth-order valence-electron chi connectivity index (χ4n) is 1.36. The van der Waals surface area contributed by atoms with Gasteiger partial charge in [-0.1, -0.05) is 19.9 Å². The SMILES string of the molecule is CC(CC(C)C(C)/C=C(\N)CN)=C(N)N. The smallest absolute Gasteiger partial charge is 0.0922 e. The Morgan fingerprint density at radius 3 is 2.13 bits per heavy atom. The van der Waals surface area contributed by atoms with Crippen molar-refractivity contribution < 1.29 is 0 Å². The molecule has 0 aliphatic rings. The summed E-state index contributed by atoms with van der Waals surface area (Å²) in [5, 5.41) is 0. The lowest BCUT2D eigenvalue weighted by Crippen LogP contribution is -2.17. The lowest BCUT2D eigenvalue weighted by Gasteiger charge is -2.18. The largest absolute Gasteiger partial charge is 0.401 e. The van der Waals surface area contributed by atoms with Crippen molar-refractivity contribution in [1.82, 2.24) is 0 Å². The van der Waals surface area contributed by atoms with E-state index < -0.39 is 0 Å². The van der Waals surface area contributed by atoms with E-state index in [2.05, 4.69) is 13.8 Å². The predicted molar refractivity (Wildman–Crippen MR) is 65.3 cm³/mol. The third-order valence-electron chi connectivity index (χ3n) is 2.73. The summed E-state index contributed by atoms with van der Waals surface area (Å²) in [6, 6.07) is 0. The van der Waals surface area contributed by atoms with Crippen LogP contribution in [0.15, 0.2) is 23.2 Å². The van der Waals surface area contributed by atoms with Gasteiger partial charge in [0.25, 0.3) is 0 Å². The van der Waals surface area contributed by atoms with E-state index in [1.165, 1.54) is 0 Å². The molecule has 0 aromatic rings. The molecule has 2 unspecified atom stereocenters. The van der Waals surface area contributed by atoms with Crippen molar-refractivity contribution in [3.8, 4) is 0 Å². The molecule has 0 bridgehead atoms. The van der Waals surface area contributed by atoms with E-state index in [-0.39, 0.29) is 0 Å². The molecule has 0 aliphatic carbocycles. The maximum atomic E-state index is 5.68. The van der Waals surface area contributed by atoms with E-state index in [1.54, 1.807) is 0 Å². The summed E-state index contributed by atoms with van der Waals surface area (Å²) in [6.45, 7) is 6.63. The average Bonchev–Trinajstić information content (AvgIpc) is 2.16. The fourth-order valence-corrected chi connectivity index (χ4v) is 1.36. The van der Waals surface area contributed by atoms with Crippen LogP contribution in [0.4, 0.5) is 0 Å². The molecular weight excluding hydrogens is 188 g/mol. The minimum atomic E-state index is 0.378. The third-order valence-corrected chi connectivity index (χ3v) is 2.73. The van der Waals surface area contributed by atoms with E-state index >= 15 is 0 Å². The molecule has 0 fully saturated rings. The topological polar surface area (TPSA) is 104 Å². The highest BCUT2D eigenvalue weighted by Gasteiger charge is 2.11. The highest BCUT2D eigenvalue weighted by Crippen LogP contribution is 2.21. The first-order valence-electron chi connectivity index (χ1n) is 5.25. The van der Waals surface area contributed by atoms with Crippen LogP contribution < -0.4 is 22.9 Å². The van der Waals surface area contributed by atoms with Gasteiger partial charge in [0.05, 0.1) is 5.82 Å². The maximum Gasteiger partial charge on any atom is 0.0922 e. The summed E-state index contributed by atoms with van der Waals surface area (Å²) in [6.07, 6.45) is 2.89. The second kappa shape index (κ2) is 6.35. The maximum absolute atomic E-state index is 5.68. The second-order valence-corrected chi connectivity index (χ2v) is 4.22. The Morgan fingerprint density at radius 1 is 1.20 bits per heavy atom. The van der Waals surface area contributed by atoms with Gasteiger partial charge in [0.1, 0.15) is 0 Å². The van der Waals surface area contributed by atoms with Crippen LogP contribution >= 0.6 is 0 Å². The minimum absolute atomic E-state index is 0.378. The van der Waals surface area contributed by atoms with Crippen LogP contribution in [0.5, 0.6) is 0 Å². The summed E-state index contributed by atoms with van der Waals surface area (Å²) in [4.78, 5) is 0. The van der Waals surface area contributed by atoms with Gasteiger partial charge in [-0.25, -0.2) is 0 Å². The average molecular weight is 212 g/mol. The van der Waals surface area contributed by atoms with Crippen molar-refractivity contribution in [1.29, 1.82) is 0 Å². The Kier molecular flexibility index (Phi) is 5.86. The Hall–Kier alpha value is -1.16. The molecule has 0 aliphatic heterocycles. The first-order chi connectivity index (χ1) is 6.88. The van der Waals surface area contributed by atoms with E-state index in [9.17, 15) is 0 Å². The molecule has 0 saturated heterocycles. The standard InChI is InChI=1S/C11H24N4/c1-7(4-9(3)11(14)15)8(2)5-10(13)6-12/h5,7-8H,4,6,12-15H2,1-3H3/b10-5-. The molecule has 0 rings (SSSR count). The van der Waals surface area contributed by atoms with Crippen LogP contribution in [-0.4, -0.2) is 6.54 Å². The molecule has 15 heavy (non-hydrogen) atoms. The van der Waals surface area contributed by atoms with Crippen molar-refractivity contribution in [2.24, 2.45) is 34.8 Å². The van der Waals surface area contributed by atoms with Gasteiger partial charge in [-0.05, 0) is 30.8 Å². The summed E-state index contributed by atoms with van der Waals surface area (Å²) in [5.41, 5.74) is 23.9. The van der Waals surface area contributed by atoms with Crippen LogP contribution in [0, 0.1) is 11.8 Å². The Balaban J connectivity index is 4.34. The zero-order valence-electron chi connectivity index (χ0n) is 9.96. The molecule has 0 aromatic heterocycles. The van der Waals surface area contributed by atoms with Gasteiger partial charge in [-0.2, -0.15) is 0 Å². The monoisotopic (exact) mass is 212 g/mol. The normalized spacial score (nSPS) is 15.9. The minimum Gasteiger partial charge on any atom is -0.401 e. The van der Waals surface area contributed by atoms with Crippen molar-refractivity contribution >= 4 is 0 Å². The van der Waals surface area contributed by atoms with Gasteiger partial charge >= 0.3 is 0 Å². The van der Waals surface area contributed by atoms with Crippen LogP contribution in [0.3, 0.4) is 0 Å². The zero-order chi connectivity index (χ0) is 12.0. The fraction of sp³-hybridized carbons (Fsp3) is 0.636. The van der Waals surface area contributed by atoms with Gasteiger partial charge in [-0.3, -0.25) is 0 Å². The van der Waals surface area contributed by atoms with Crippen molar-refractivity contribution in [3.63, 3.8) is 0 Å². The van der Waals surface area contributed by atoms with Crippen molar-refractivity contribution in [2.45, 2.75) is 27.2 Å². The Bertz CT molecular complexity index is 251. The molecule has 88 valence electrons. The van der Waals surface area contributed by atoms with Gasteiger partial charge in [0.15, 0.2) is 0 Å². The lowest BCUT2D eigenvalue weighted by atomic mass is 9.89. The van der Waals surface area contributed by atoms with E-state index in [0.29, 0.717) is 24.2 Å². The van der Waals surface area contributed by atoms with Gasteiger partial charge in [0, 0.05) is 12.2 Å². The van der Waals surface area contributed by atoms with Crippen LogP contribution in [0.1, 0.15) is 27.2 Å².